The van der Waals surface area contributed by atoms with Crippen LogP contribution in [-0.4, -0.2) is 30.1 Å². The highest BCUT2D eigenvalue weighted by atomic mass is 32.2. The Balaban J connectivity index is 2.05. The molecule has 1 atom stereocenters. The van der Waals surface area contributed by atoms with Gasteiger partial charge in [0.1, 0.15) is 0 Å². The van der Waals surface area contributed by atoms with Crippen molar-refractivity contribution in [3.05, 3.63) is 29.8 Å². The summed E-state index contributed by atoms with van der Waals surface area (Å²) in [6, 6.07) is 8.53. The molecule has 1 aromatic rings. The second-order valence-corrected chi connectivity index (χ2v) is 7.04. The first kappa shape index (κ1) is 14.5. The molecule has 0 aliphatic carbocycles. The van der Waals surface area contributed by atoms with Crippen molar-refractivity contribution in [3.63, 3.8) is 0 Å². The Hall–Kier alpha value is -0.940. The number of anilines is 1. The Morgan fingerprint density at radius 2 is 2.00 bits per heavy atom. The van der Waals surface area contributed by atoms with Crippen LogP contribution in [0, 0.1) is 0 Å². The highest BCUT2D eigenvalue weighted by Gasteiger charge is 2.36. The van der Waals surface area contributed by atoms with Crippen LogP contribution in [0.3, 0.4) is 0 Å². The van der Waals surface area contributed by atoms with Crippen LogP contribution in [0.5, 0.6) is 0 Å². The van der Waals surface area contributed by atoms with Crippen LogP contribution in [0.25, 0.3) is 0 Å². The molecule has 1 heterocycles. The smallest absolute Gasteiger partial charge is 0.167 e. The molecule has 1 saturated heterocycles. The van der Waals surface area contributed by atoms with Gasteiger partial charge in [-0.2, -0.15) is 0 Å². The standard InChI is InChI=1S/C14H21N3S2/c1-14(2)12(15-13(18)16-14)19-9-10-7-5-6-8-11(10)17(3)4/h5-8,12H,9H2,1-4H3,(H2,15,16,18). The van der Waals surface area contributed by atoms with Crippen molar-refractivity contribution in [3.8, 4) is 0 Å². The van der Waals surface area contributed by atoms with Gasteiger partial charge in [0.25, 0.3) is 0 Å². The van der Waals surface area contributed by atoms with Crippen molar-refractivity contribution in [1.82, 2.24) is 10.6 Å². The van der Waals surface area contributed by atoms with E-state index in [1.807, 2.05) is 11.8 Å². The highest BCUT2D eigenvalue weighted by molar-refractivity contribution is 7.99. The number of nitrogens with zero attached hydrogens (tertiary/aromatic N) is 1. The lowest BCUT2D eigenvalue weighted by Gasteiger charge is -2.26. The molecule has 19 heavy (non-hydrogen) atoms. The molecule has 1 aliphatic heterocycles. The Labute approximate surface area is 125 Å². The molecule has 2 rings (SSSR count). The van der Waals surface area contributed by atoms with Gasteiger partial charge in [-0.25, -0.2) is 0 Å². The molecule has 1 aromatic carbocycles. The number of hydrogen-bond donors (Lipinski definition) is 2. The summed E-state index contributed by atoms with van der Waals surface area (Å²) >= 11 is 7.09. The Bertz CT molecular complexity index is 472. The SMILES string of the molecule is CN(C)c1ccccc1CSC1NC(=S)NC1(C)C. The topological polar surface area (TPSA) is 27.3 Å². The molecule has 0 amide bonds. The van der Waals surface area contributed by atoms with Crippen LogP contribution >= 0.6 is 24.0 Å². The molecule has 0 bridgehead atoms. The lowest BCUT2D eigenvalue weighted by molar-refractivity contribution is 0.479. The first-order valence-electron chi connectivity index (χ1n) is 6.35. The zero-order valence-corrected chi connectivity index (χ0v) is 13.5. The van der Waals surface area contributed by atoms with Crippen molar-refractivity contribution in [2.45, 2.75) is 30.5 Å². The summed E-state index contributed by atoms with van der Waals surface area (Å²) in [5.41, 5.74) is 2.63. The lowest BCUT2D eigenvalue weighted by atomic mass is 10.1. The third-order valence-corrected chi connectivity index (χ3v) is 4.97. The largest absolute Gasteiger partial charge is 0.377 e. The average molecular weight is 295 g/mol. The minimum absolute atomic E-state index is 0.00515. The van der Waals surface area contributed by atoms with Crippen LogP contribution in [0.15, 0.2) is 24.3 Å². The minimum Gasteiger partial charge on any atom is -0.377 e. The lowest BCUT2D eigenvalue weighted by Crippen LogP contribution is -2.41. The summed E-state index contributed by atoms with van der Waals surface area (Å²) in [6.07, 6.45) is 0. The number of benzene rings is 1. The molecule has 1 fully saturated rings. The van der Waals surface area contributed by atoms with Crippen LogP contribution < -0.4 is 15.5 Å². The van der Waals surface area contributed by atoms with Crippen molar-refractivity contribution in [2.75, 3.05) is 19.0 Å². The fraction of sp³-hybridized carbons (Fsp3) is 0.500. The predicted molar refractivity (Wildman–Crippen MR) is 88.8 cm³/mol. The summed E-state index contributed by atoms with van der Waals surface area (Å²) in [4.78, 5) is 2.16. The normalized spacial score (nSPS) is 20.8. The minimum atomic E-state index is -0.00515. The van der Waals surface area contributed by atoms with Gasteiger partial charge in [-0.15, -0.1) is 11.8 Å². The van der Waals surface area contributed by atoms with Crippen LogP contribution in [0.1, 0.15) is 19.4 Å². The van der Waals surface area contributed by atoms with Crippen LogP contribution in [0.2, 0.25) is 0 Å². The third kappa shape index (κ3) is 3.34. The number of para-hydroxylation sites is 1. The van der Waals surface area contributed by atoms with Gasteiger partial charge in [-0.05, 0) is 37.7 Å². The molecule has 0 saturated carbocycles. The first-order chi connectivity index (χ1) is 8.90. The maximum absolute atomic E-state index is 5.20. The van der Waals surface area contributed by atoms with E-state index < -0.39 is 0 Å². The number of rotatable bonds is 4. The van der Waals surface area contributed by atoms with E-state index in [1.165, 1.54) is 11.3 Å². The second kappa shape index (κ2) is 5.59. The van der Waals surface area contributed by atoms with E-state index in [4.69, 9.17) is 12.2 Å². The van der Waals surface area contributed by atoms with E-state index in [0.717, 1.165) is 10.9 Å². The monoisotopic (exact) mass is 295 g/mol. The average Bonchev–Trinajstić information content (AvgIpc) is 2.59. The summed E-state index contributed by atoms with van der Waals surface area (Å²) < 4.78 is 0. The molecular formula is C14H21N3S2. The summed E-state index contributed by atoms with van der Waals surface area (Å²) in [5, 5.41) is 7.69. The fourth-order valence-electron chi connectivity index (χ4n) is 2.19. The zero-order chi connectivity index (χ0) is 14.0. The molecule has 2 N–H and O–H groups in total. The van der Waals surface area contributed by atoms with Gasteiger partial charge < -0.3 is 15.5 Å². The molecule has 5 heteroatoms. The van der Waals surface area contributed by atoms with Gasteiger partial charge in [0.05, 0.1) is 10.9 Å². The van der Waals surface area contributed by atoms with Gasteiger partial charge >= 0.3 is 0 Å². The molecule has 0 spiro atoms. The molecular weight excluding hydrogens is 274 g/mol. The van der Waals surface area contributed by atoms with Gasteiger partial charge in [-0.3, -0.25) is 0 Å². The molecule has 104 valence electrons. The fourth-order valence-corrected chi connectivity index (χ4v) is 3.91. The third-order valence-electron chi connectivity index (χ3n) is 3.23. The van der Waals surface area contributed by atoms with E-state index in [0.29, 0.717) is 5.37 Å². The molecule has 0 radical (unpaired) electrons. The maximum Gasteiger partial charge on any atom is 0.167 e. The van der Waals surface area contributed by atoms with E-state index in [2.05, 4.69) is 67.7 Å². The predicted octanol–water partition coefficient (Wildman–Crippen LogP) is 2.57. The van der Waals surface area contributed by atoms with Crippen LogP contribution in [0.4, 0.5) is 5.69 Å². The Morgan fingerprint density at radius 1 is 1.32 bits per heavy atom. The quantitative estimate of drug-likeness (QED) is 0.833. The molecule has 1 unspecified atom stereocenters. The molecule has 1 aliphatic rings. The Kier molecular flexibility index (Phi) is 4.26. The van der Waals surface area contributed by atoms with Crippen molar-refractivity contribution in [1.29, 1.82) is 0 Å². The highest BCUT2D eigenvalue weighted by Crippen LogP contribution is 2.30. The summed E-state index contributed by atoms with van der Waals surface area (Å²) in [7, 11) is 4.16. The van der Waals surface area contributed by atoms with E-state index in [9.17, 15) is 0 Å². The van der Waals surface area contributed by atoms with Crippen molar-refractivity contribution in [2.24, 2.45) is 0 Å². The zero-order valence-electron chi connectivity index (χ0n) is 11.9. The van der Waals surface area contributed by atoms with E-state index >= 15 is 0 Å². The number of thiocarbonyl (C=S) groups is 1. The summed E-state index contributed by atoms with van der Waals surface area (Å²) in [5.74, 6) is 0.972. The van der Waals surface area contributed by atoms with Gasteiger partial charge in [0.2, 0.25) is 0 Å². The van der Waals surface area contributed by atoms with Crippen molar-refractivity contribution >= 4 is 34.8 Å². The maximum atomic E-state index is 5.20. The number of nitrogens with one attached hydrogen (secondary N) is 2. The molecule has 0 aromatic heterocycles. The summed E-state index contributed by atoms with van der Waals surface area (Å²) in [6.45, 7) is 4.35. The molecule has 3 nitrogen and oxygen atoms in total. The van der Waals surface area contributed by atoms with Crippen LogP contribution in [-0.2, 0) is 5.75 Å². The first-order valence-corrected chi connectivity index (χ1v) is 7.81. The Morgan fingerprint density at radius 3 is 2.58 bits per heavy atom. The van der Waals surface area contributed by atoms with Gasteiger partial charge in [0, 0.05) is 25.5 Å². The number of thioether (sulfide) groups is 1. The van der Waals surface area contributed by atoms with Crippen molar-refractivity contribution < 1.29 is 0 Å². The number of hydrogen-bond acceptors (Lipinski definition) is 3. The van der Waals surface area contributed by atoms with Gasteiger partial charge in [-0.1, -0.05) is 18.2 Å². The van der Waals surface area contributed by atoms with Gasteiger partial charge in [0.15, 0.2) is 5.11 Å². The second-order valence-electron chi connectivity index (χ2n) is 5.53. The van der Waals surface area contributed by atoms with E-state index in [1.54, 1.807) is 0 Å². The van der Waals surface area contributed by atoms with E-state index in [-0.39, 0.29) is 5.54 Å².